The number of nitrogens with zero attached hydrogens (tertiary/aromatic N) is 5. The minimum Gasteiger partial charge on any atom is -0.467 e. The van der Waals surface area contributed by atoms with Crippen LogP contribution in [-0.4, -0.2) is 52.9 Å². The van der Waals surface area contributed by atoms with E-state index >= 15 is 0 Å². The molecule has 5 rings (SSSR count). The topological polar surface area (TPSA) is 150 Å². The third-order valence-corrected chi connectivity index (χ3v) is 5.69. The summed E-state index contributed by atoms with van der Waals surface area (Å²) >= 11 is 0. The molecular formula is C23H20FN9O. The summed E-state index contributed by atoms with van der Waals surface area (Å²) in [7, 11) is 3.21. The molecule has 3 aromatic heterocycles. The summed E-state index contributed by atoms with van der Waals surface area (Å²) in [6, 6.07) is 5.08. The Labute approximate surface area is 193 Å². The Morgan fingerprint density at radius 1 is 1.24 bits per heavy atom. The van der Waals surface area contributed by atoms with Gasteiger partial charge in [-0.1, -0.05) is 0 Å². The Morgan fingerprint density at radius 3 is 2.74 bits per heavy atom. The van der Waals surface area contributed by atoms with Gasteiger partial charge >= 0.3 is 6.01 Å². The highest BCUT2D eigenvalue weighted by atomic mass is 19.1. The van der Waals surface area contributed by atoms with E-state index in [1.54, 1.807) is 25.6 Å². The zero-order valence-electron chi connectivity index (χ0n) is 18.4. The number of aliphatic imine (C=N–C) groups is 1. The van der Waals surface area contributed by atoms with Crippen LogP contribution in [0, 0.1) is 17.1 Å². The van der Waals surface area contributed by atoms with Crippen LogP contribution in [0.1, 0.15) is 0 Å². The van der Waals surface area contributed by atoms with Crippen LogP contribution in [0.3, 0.4) is 0 Å². The van der Waals surface area contributed by atoms with Gasteiger partial charge in [-0.3, -0.25) is 4.99 Å². The van der Waals surface area contributed by atoms with E-state index in [0.717, 1.165) is 0 Å². The molecule has 1 fully saturated rings. The van der Waals surface area contributed by atoms with E-state index in [4.69, 9.17) is 15.5 Å². The molecule has 5 N–H and O–H groups in total. The van der Waals surface area contributed by atoms with Gasteiger partial charge in [-0.05, 0) is 12.1 Å². The first kappa shape index (κ1) is 21.3. The first-order valence-corrected chi connectivity index (χ1v) is 10.4. The highest BCUT2D eigenvalue weighted by Crippen LogP contribution is 2.42. The summed E-state index contributed by atoms with van der Waals surface area (Å²) in [6.07, 6.45) is 4.89. The van der Waals surface area contributed by atoms with Crippen LogP contribution in [-0.2, 0) is 0 Å². The lowest BCUT2D eigenvalue weighted by molar-refractivity contribution is 0.380. The zero-order chi connectivity index (χ0) is 23.8. The van der Waals surface area contributed by atoms with Crippen molar-refractivity contribution < 1.29 is 9.13 Å². The largest absolute Gasteiger partial charge is 0.467 e. The number of ether oxygens (including phenoxy) is 1. The number of benzene rings is 1. The van der Waals surface area contributed by atoms with Gasteiger partial charge in [0.25, 0.3) is 0 Å². The first-order chi connectivity index (χ1) is 16.5. The van der Waals surface area contributed by atoms with Crippen LogP contribution in [0.4, 0.5) is 15.8 Å². The Morgan fingerprint density at radius 2 is 2.03 bits per heavy atom. The smallest absolute Gasteiger partial charge is 0.316 e. The SMILES string of the molecule is CNc1cc(F)cc2c1[nH]c1ncc(-c3cnc(OC)nc3)c(N=C3CNCC3=C(N)C#N)c12. The maximum absolute atomic E-state index is 14.5. The molecule has 0 bridgehead atoms. The van der Waals surface area contributed by atoms with Gasteiger partial charge in [0.15, 0.2) is 0 Å². The number of allylic oxidation sites excluding steroid dienone is 1. The molecule has 34 heavy (non-hydrogen) atoms. The number of hydrogen-bond donors (Lipinski definition) is 4. The maximum atomic E-state index is 14.5. The minimum absolute atomic E-state index is 0.103. The lowest BCUT2D eigenvalue weighted by atomic mass is 10.0. The van der Waals surface area contributed by atoms with Gasteiger partial charge in [-0.2, -0.15) is 5.26 Å². The predicted octanol–water partition coefficient (Wildman–Crippen LogP) is 2.77. The zero-order valence-corrected chi connectivity index (χ0v) is 18.4. The Kier molecular flexibility index (Phi) is 5.27. The highest BCUT2D eigenvalue weighted by molar-refractivity contribution is 6.18. The lowest BCUT2D eigenvalue weighted by Gasteiger charge is -2.10. The molecule has 0 amide bonds. The molecule has 0 radical (unpaired) electrons. The second-order valence-electron chi connectivity index (χ2n) is 7.62. The second kappa shape index (κ2) is 8.42. The molecule has 4 heterocycles. The number of halogens is 1. The van der Waals surface area contributed by atoms with E-state index in [1.165, 1.54) is 19.2 Å². The Hall–Kier alpha value is -4.56. The molecule has 0 spiro atoms. The van der Waals surface area contributed by atoms with Crippen molar-refractivity contribution in [3.05, 3.63) is 47.8 Å². The van der Waals surface area contributed by atoms with E-state index in [2.05, 4.69) is 30.6 Å². The fourth-order valence-corrected chi connectivity index (χ4v) is 4.07. The number of aromatic nitrogens is 4. The molecule has 1 aliphatic heterocycles. The predicted molar refractivity (Wildman–Crippen MR) is 127 cm³/mol. The van der Waals surface area contributed by atoms with E-state index in [-0.39, 0.29) is 11.7 Å². The van der Waals surface area contributed by atoms with Gasteiger partial charge in [0.2, 0.25) is 0 Å². The molecular weight excluding hydrogens is 437 g/mol. The van der Waals surface area contributed by atoms with E-state index in [1.807, 2.05) is 6.07 Å². The quantitative estimate of drug-likeness (QED) is 0.342. The van der Waals surface area contributed by atoms with Crippen molar-refractivity contribution in [2.45, 2.75) is 0 Å². The minimum atomic E-state index is -0.397. The maximum Gasteiger partial charge on any atom is 0.316 e. The number of pyridine rings is 1. The van der Waals surface area contributed by atoms with E-state index < -0.39 is 5.82 Å². The van der Waals surface area contributed by atoms with Gasteiger partial charge in [0.1, 0.15) is 23.2 Å². The van der Waals surface area contributed by atoms with Crippen LogP contribution in [0.15, 0.2) is 47.0 Å². The number of hydrogen-bond acceptors (Lipinski definition) is 9. The van der Waals surface area contributed by atoms with Crippen LogP contribution in [0.5, 0.6) is 6.01 Å². The van der Waals surface area contributed by atoms with E-state index in [0.29, 0.717) is 68.8 Å². The number of rotatable bonds is 4. The molecule has 170 valence electrons. The average molecular weight is 457 g/mol. The van der Waals surface area contributed by atoms with Gasteiger partial charge in [-0.15, -0.1) is 0 Å². The fraction of sp³-hybridized carbons (Fsp3) is 0.174. The van der Waals surface area contributed by atoms with Crippen molar-refractivity contribution >= 4 is 39.0 Å². The van der Waals surface area contributed by atoms with Crippen LogP contribution >= 0.6 is 0 Å². The first-order valence-electron chi connectivity index (χ1n) is 10.4. The summed E-state index contributed by atoms with van der Waals surface area (Å²) in [5.41, 5.74) is 11.0. The highest BCUT2D eigenvalue weighted by Gasteiger charge is 2.22. The van der Waals surface area contributed by atoms with Crippen molar-refractivity contribution in [3.8, 4) is 23.2 Å². The molecule has 1 saturated heterocycles. The van der Waals surface area contributed by atoms with Crippen LogP contribution in [0.25, 0.3) is 33.1 Å². The van der Waals surface area contributed by atoms with Crippen molar-refractivity contribution in [2.24, 2.45) is 10.7 Å². The number of aromatic amines is 1. The number of nitriles is 1. The summed E-state index contributed by atoms with van der Waals surface area (Å²) < 4.78 is 19.6. The number of nitrogens with two attached hydrogens (primary N) is 1. The number of fused-ring (bicyclic) bond motifs is 3. The van der Waals surface area contributed by atoms with Crippen molar-refractivity contribution in [1.29, 1.82) is 5.26 Å². The van der Waals surface area contributed by atoms with Crippen molar-refractivity contribution in [2.75, 3.05) is 32.6 Å². The number of anilines is 1. The molecule has 0 unspecified atom stereocenters. The molecule has 10 nitrogen and oxygen atoms in total. The monoisotopic (exact) mass is 457 g/mol. The van der Waals surface area contributed by atoms with Crippen LogP contribution in [0.2, 0.25) is 0 Å². The fourth-order valence-electron chi connectivity index (χ4n) is 4.07. The molecule has 1 aromatic carbocycles. The van der Waals surface area contributed by atoms with Crippen molar-refractivity contribution in [3.63, 3.8) is 0 Å². The van der Waals surface area contributed by atoms with Crippen molar-refractivity contribution in [1.82, 2.24) is 25.3 Å². The molecule has 0 saturated carbocycles. The third kappa shape index (κ3) is 3.46. The van der Waals surface area contributed by atoms with Gasteiger partial charge in [0, 0.05) is 60.8 Å². The van der Waals surface area contributed by atoms with E-state index in [9.17, 15) is 9.65 Å². The molecule has 4 aromatic rings. The molecule has 0 atom stereocenters. The molecule has 11 heteroatoms. The third-order valence-electron chi connectivity index (χ3n) is 5.69. The lowest BCUT2D eigenvalue weighted by Crippen LogP contribution is -2.08. The summed E-state index contributed by atoms with van der Waals surface area (Å²) in [5.74, 6) is -0.397. The molecule has 1 aliphatic rings. The summed E-state index contributed by atoms with van der Waals surface area (Å²) in [5, 5.41) is 16.8. The molecule has 0 aliphatic carbocycles. The summed E-state index contributed by atoms with van der Waals surface area (Å²) in [4.78, 5) is 21.2. The standard InChI is InChI=1S/C23H20FN9O/c1-27-17-4-12(24)3-13-19-21(32-18-10-28-8-15(18)16(26)5-25)14(9-29-22(19)33-20(13)17)11-6-30-23(34-2)31-7-11/h3-4,6-7,9,27-28H,8,10,26H2,1-2H3,(H,29,33). The number of nitrogens with one attached hydrogen (secondary N) is 3. The number of methoxy groups -OCH3 is 1. The number of H-pyrrole nitrogens is 1. The normalized spacial score (nSPS) is 16.2. The second-order valence-corrected chi connectivity index (χ2v) is 7.62. The Balaban J connectivity index is 1.87. The van der Waals surface area contributed by atoms with Gasteiger partial charge in [0.05, 0.1) is 35.1 Å². The van der Waals surface area contributed by atoms with Gasteiger partial charge in [-0.25, -0.2) is 19.3 Å². The van der Waals surface area contributed by atoms with Crippen LogP contribution < -0.4 is 21.1 Å². The Bertz CT molecular complexity index is 1530. The average Bonchev–Trinajstić information content (AvgIpc) is 3.48. The summed E-state index contributed by atoms with van der Waals surface area (Å²) in [6.45, 7) is 0.860. The van der Waals surface area contributed by atoms with Gasteiger partial charge < -0.3 is 26.1 Å².